The van der Waals surface area contributed by atoms with Gasteiger partial charge in [0.2, 0.25) is 0 Å². The van der Waals surface area contributed by atoms with Crippen LogP contribution in [0.15, 0.2) is 47.7 Å². The van der Waals surface area contributed by atoms with Crippen LogP contribution < -0.4 is 0 Å². The molecule has 0 aliphatic heterocycles. The zero-order chi connectivity index (χ0) is 15.1. The first-order chi connectivity index (χ1) is 9.45. The highest BCUT2D eigenvalue weighted by Gasteiger charge is 2.10. The molecule has 2 rings (SSSR count). The van der Waals surface area contributed by atoms with Gasteiger partial charge in [0, 0.05) is 19.8 Å². The number of nitrogens with zero attached hydrogens (tertiary/aromatic N) is 1. The molecule has 20 heavy (non-hydrogen) atoms. The number of fused-ring (bicyclic) bond motifs is 1. The quantitative estimate of drug-likeness (QED) is 0.701. The van der Waals surface area contributed by atoms with E-state index in [0.29, 0.717) is 0 Å². The Kier molecular flexibility index (Phi) is 6.57. The average Bonchev–Trinajstić information content (AvgIpc) is 2.41. The second-order valence-corrected chi connectivity index (χ2v) is 5.89. The van der Waals surface area contributed by atoms with Crippen molar-refractivity contribution in [2.45, 2.75) is 46.5 Å². The number of rotatable bonds is 3. The Labute approximate surface area is 125 Å². The maximum atomic E-state index is 3.87. The van der Waals surface area contributed by atoms with Gasteiger partial charge in [0.15, 0.2) is 0 Å². The lowest BCUT2D eigenvalue weighted by molar-refractivity contribution is 0.487. The molecule has 1 aromatic carbocycles. The second-order valence-electron chi connectivity index (χ2n) is 5.89. The predicted molar refractivity (Wildman–Crippen MR) is 90.0 cm³/mol. The van der Waals surface area contributed by atoms with E-state index >= 15 is 0 Å². The molecule has 0 spiro atoms. The van der Waals surface area contributed by atoms with E-state index in [-0.39, 0.29) is 0 Å². The molecule has 0 unspecified atom stereocenters. The molecule has 0 N–H and O–H groups in total. The highest BCUT2D eigenvalue weighted by atomic mass is 15.1. The van der Waals surface area contributed by atoms with Crippen LogP contribution in [0.2, 0.25) is 0 Å². The van der Waals surface area contributed by atoms with Crippen molar-refractivity contribution in [1.29, 1.82) is 0 Å². The first-order valence-electron chi connectivity index (χ1n) is 7.52. The maximum absolute atomic E-state index is 3.87. The van der Waals surface area contributed by atoms with Crippen LogP contribution in [-0.4, -0.2) is 19.0 Å². The van der Waals surface area contributed by atoms with E-state index in [1.807, 2.05) is 14.1 Å². The molecule has 1 heteroatoms. The van der Waals surface area contributed by atoms with E-state index in [0.717, 1.165) is 19.3 Å². The van der Waals surface area contributed by atoms with Crippen LogP contribution in [0.5, 0.6) is 0 Å². The topological polar surface area (TPSA) is 3.24 Å². The first kappa shape index (κ1) is 16.6. The van der Waals surface area contributed by atoms with Gasteiger partial charge in [-0.25, -0.2) is 0 Å². The van der Waals surface area contributed by atoms with E-state index in [2.05, 4.69) is 56.5 Å². The lowest BCUT2D eigenvalue weighted by atomic mass is 9.88. The molecule has 0 aromatic heterocycles. The van der Waals surface area contributed by atoms with Gasteiger partial charge in [-0.05, 0) is 44.2 Å². The van der Waals surface area contributed by atoms with E-state index in [1.54, 1.807) is 11.1 Å². The fourth-order valence-electron chi connectivity index (χ4n) is 2.29. The summed E-state index contributed by atoms with van der Waals surface area (Å²) in [7, 11) is 4.05. The highest BCUT2D eigenvalue weighted by Crippen LogP contribution is 2.24. The summed E-state index contributed by atoms with van der Waals surface area (Å²) in [5.74, 6) is 0. The minimum Gasteiger partial charge on any atom is -0.381 e. The second kappa shape index (κ2) is 7.94. The number of benzene rings is 1. The van der Waals surface area contributed by atoms with Crippen molar-refractivity contribution in [3.8, 4) is 0 Å². The smallest absolute Gasteiger partial charge is 0.00579 e. The first-order valence-corrected chi connectivity index (χ1v) is 7.52. The molecule has 0 bridgehead atoms. The average molecular weight is 271 g/mol. The third-order valence-electron chi connectivity index (χ3n) is 3.93. The van der Waals surface area contributed by atoms with Crippen LogP contribution in [0.25, 0.3) is 0 Å². The van der Waals surface area contributed by atoms with Crippen LogP contribution in [0.1, 0.15) is 44.7 Å². The van der Waals surface area contributed by atoms with Crippen LogP contribution >= 0.6 is 0 Å². The van der Waals surface area contributed by atoms with Crippen molar-refractivity contribution in [1.82, 2.24) is 4.90 Å². The molecule has 0 amide bonds. The molecule has 0 saturated heterocycles. The summed E-state index contributed by atoms with van der Waals surface area (Å²) in [5.41, 5.74) is 7.34. The van der Waals surface area contributed by atoms with Crippen molar-refractivity contribution >= 4 is 0 Å². The van der Waals surface area contributed by atoms with Gasteiger partial charge in [-0.3, -0.25) is 0 Å². The van der Waals surface area contributed by atoms with Gasteiger partial charge in [-0.1, -0.05) is 55.3 Å². The molecule has 1 aliphatic carbocycles. The molecule has 0 atom stereocenters. The summed E-state index contributed by atoms with van der Waals surface area (Å²) in [5, 5.41) is 0. The van der Waals surface area contributed by atoms with E-state index in [1.165, 1.54) is 23.2 Å². The van der Waals surface area contributed by atoms with Crippen molar-refractivity contribution in [2.24, 2.45) is 0 Å². The van der Waals surface area contributed by atoms with Gasteiger partial charge in [-0.2, -0.15) is 0 Å². The largest absolute Gasteiger partial charge is 0.381 e. The van der Waals surface area contributed by atoms with Gasteiger partial charge in [0.1, 0.15) is 0 Å². The van der Waals surface area contributed by atoms with Crippen LogP contribution in [0.4, 0.5) is 0 Å². The third-order valence-corrected chi connectivity index (χ3v) is 3.93. The van der Waals surface area contributed by atoms with Crippen LogP contribution in [-0.2, 0) is 12.8 Å². The summed E-state index contributed by atoms with van der Waals surface area (Å²) in [6.07, 6.45) is 4.62. The summed E-state index contributed by atoms with van der Waals surface area (Å²) in [4.78, 5) is 2.06. The Morgan fingerprint density at radius 1 is 1.05 bits per heavy atom. The molecule has 0 saturated carbocycles. The van der Waals surface area contributed by atoms with Gasteiger partial charge in [0.25, 0.3) is 0 Å². The van der Waals surface area contributed by atoms with Gasteiger partial charge >= 0.3 is 0 Å². The van der Waals surface area contributed by atoms with Crippen LogP contribution in [0, 0.1) is 0 Å². The van der Waals surface area contributed by atoms with E-state index in [9.17, 15) is 0 Å². The minimum absolute atomic E-state index is 1.12. The van der Waals surface area contributed by atoms with Gasteiger partial charge in [-0.15, -0.1) is 0 Å². The van der Waals surface area contributed by atoms with Gasteiger partial charge in [0.05, 0.1) is 0 Å². The molecule has 1 aromatic rings. The lowest BCUT2D eigenvalue weighted by Crippen LogP contribution is -2.08. The predicted octanol–water partition coefficient (Wildman–Crippen LogP) is 4.98. The molecular weight excluding hydrogens is 242 g/mol. The zero-order valence-corrected chi connectivity index (χ0v) is 13.8. The van der Waals surface area contributed by atoms with Crippen LogP contribution in [0.3, 0.4) is 0 Å². The summed E-state index contributed by atoms with van der Waals surface area (Å²) >= 11 is 0. The molecule has 0 heterocycles. The Balaban J connectivity index is 0.000000221. The summed E-state index contributed by atoms with van der Waals surface area (Å²) in [6.45, 7) is 10.5. The highest BCUT2D eigenvalue weighted by molar-refractivity contribution is 5.39. The Hall–Kier alpha value is -1.50. The fraction of sp³-hybridized carbons (Fsp3) is 0.474. The Morgan fingerprint density at radius 2 is 1.50 bits per heavy atom. The van der Waals surface area contributed by atoms with Crippen molar-refractivity contribution in [2.75, 3.05) is 14.1 Å². The SMILES string of the molecule is C=C(CCC)N(C)C.CC1=C(C)Cc2ccccc2C1. The van der Waals surface area contributed by atoms with E-state index in [4.69, 9.17) is 0 Å². The van der Waals surface area contributed by atoms with Crippen molar-refractivity contribution in [3.05, 3.63) is 58.8 Å². The molecule has 110 valence electrons. The standard InChI is InChI=1S/C12H14.C7H15N/c1-9-7-11-5-3-4-6-12(11)8-10(9)2;1-5-6-7(2)8(3)4/h3-6H,7-8H2,1-2H3;2,5-6H2,1,3-4H3. The molecule has 1 nitrogen and oxygen atoms in total. The Bertz CT molecular complexity index is 447. The maximum Gasteiger partial charge on any atom is 0.00579 e. The zero-order valence-electron chi connectivity index (χ0n) is 13.8. The van der Waals surface area contributed by atoms with Gasteiger partial charge < -0.3 is 4.90 Å². The fourth-order valence-corrected chi connectivity index (χ4v) is 2.29. The lowest BCUT2D eigenvalue weighted by Gasteiger charge is -2.18. The normalized spacial score (nSPS) is 13.2. The van der Waals surface area contributed by atoms with Crippen molar-refractivity contribution < 1.29 is 0 Å². The summed E-state index contributed by atoms with van der Waals surface area (Å²) in [6, 6.07) is 8.75. The molecular formula is C19H29N. The van der Waals surface area contributed by atoms with E-state index < -0.39 is 0 Å². The molecule has 0 fully saturated rings. The third kappa shape index (κ3) is 4.88. The minimum atomic E-state index is 1.12. The monoisotopic (exact) mass is 271 g/mol. The van der Waals surface area contributed by atoms with Crippen molar-refractivity contribution in [3.63, 3.8) is 0 Å². The molecule has 1 aliphatic rings. The number of allylic oxidation sites excluding steroid dienone is 3. The molecule has 0 radical (unpaired) electrons. The Morgan fingerprint density at radius 3 is 1.80 bits per heavy atom. The summed E-state index contributed by atoms with van der Waals surface area (Å²) < 4.78 is 0. The number of hydrogen-bond donors (Lipinski definition) is 0. The number of hydrogen-bond acceptors (Lipinski definition) is 1.